The minimum absolute atomic E-state index is 0.771. The lowest BCUT2D eigenvalue weighted by molar-refractivity contribution is 0.158. The number of nitrogens with one attached hydrogen (secondary N) is 1. The molecule has 0 saturated carbocycles. The first kappa shape index (κ1) is 13.0. The summed E-state index contributed by atoms with van der Waals surface area (Å²) in [5.74, 6) is 0. The lowest BCUT2D eigenvalue weighted by Gasteiger charge is -2.16. The molecule has 0 atom stereocenters. The van der Waals surface area contributed by atoms with Crippen molar-refractivity contribution < 1.29 is 4.74 Å². The van der Waals surface area contributed by atoms with Gasteiger partial charge in [0.05, 0.1) is 6.61 Å². The maximum atomic E-state index is 5.34. The quantitative estimate of drug-likeness (QED) is 0.744. The molecule has 0 saturated heterocycles. The number of rotatable bonds is 6. The molecule has 1 N–H and O–H groups in total. The number of hydrogen-bond donors (Lipinski definition) is 1. The van der Waals surface area contributed by atoms with Crippen LogP contribution in [0.4, 0.5) is 5.69 Å². The first-order valence-electron chi connectivity index (χ1n) is 6.11. The molecule has 1 aromatic rings. The molecule has 0 bridgehead atoms. The molecule has 1 rings (SSSR count). The Bertz CT molecular complexity index is 334. The number of aryl methyl sites for hydroxylation is 2. The molecule has 0 fully saturated rings. The average molecular weight is 221 g/mol. The van der Waals surface area contributed by atoms with Gasteiger partial charge < -0.3 is 10.1 Å². The molecule has 90 valence electrons. The molecule has 16 heavy (non-hydrogen) atoms. The Morgan fingerprint density at radius 2 is 1.81 bits per heavy atom. The van der Waals surface area contributed by atoms with Crippen molar-refractivity contribution in [2.24, 2.45) is 0 Å². The molecule has 0 radical (unpaired) electrons. The summed E-state index contributed by atoms with van der Waals surface area (Å²) in [6, 6.07) is 4.37. The Morgan fingerprint density at radius 3 is 2.44 bits per heavy atom. The standard InChI is InChI=1S/C14H23NO/c1-5-13-11(3)7-8-12(4)14(13)15-9-10-16-6-2/h7-8,15H,5-6,9-10H2,1-4H3. The molecule has 2 heteroatoms. The number of anilines is 1. The first-order valence-corrected chi connectivity index (χ1v) is 6.11. The van der Waals surface area contributed by atoms with Crippen molar-refractivity contribution in [3.05, 3.63) is 28.8 Å². The summed E-state index contributed by atoms with van der Waals surface area (Å²) in [5, 5.41) is 3.48. The zero-order valence-electron chi connectivity index (χ0n) is 10.9. The van der Waals surface area contributed by atoms with Crippen LogP contribution >= 0.6 is 0 Å². The summed E-state index contributed by atoms with van der Waals surface area (Å²) in [7, 11) is 0. The zero-order chi connectivity index (χ0) is 12.0. The highest BCUT2D eigenvalue weighted by Gasteiger charge is 2.06. The molecule has 0 heterocycles. The molecular weight excluding hydrogens is 198 g/mol. The Hall–Kier alpha value is -1.02. The summed E-state index contributed by atoms with van der Waals surface area (Å²) in [5.41, 5.74) is 5.41. The van der Waals surface area contributed by atoms with Crippen molar-refractivity contribution in [2.75, 3.05) is 25.1 Å². The van der Waals surface area contributed by atoms with Crippen LogP contribution in [0.25, 0.3) is 0 Å². The highest BCUT2D eigenvalue weighted by molar-refractivity contribution is 5.60. The van der Waals surface area contributed by atoms with Crippen molar-refractivity contribution in [2.45, 2.75) is 34.1 Å². The fourth-order valence-electron chi connectivity index (χ4n) is 1.96. The van der Waals surface area contributed by atoms with Crippen molar-refractivity contribution in [3.8, 4) is 0 Å². The van der Waals surface area contributed by atoms with E-state index in [0.29, 0.717) is 0 Å². The molecule has 0 aromatic heterocycles. The van der Waals surface area contributed by atoms with Crippen LogP contribution in [-0.4, -0.2) is 19.8 Å². The number of hydrogen-bond acceptors (Lipinski definition) is 2. The third kappa shape index (κ3) is 3.24. The van der Waals surface area contributed by atoms with E-state index < -0.39 is 0 Å². The van der Waals surface area contributed by atoms with Crippen LogP contribution < -0.4 is 5.32 Å². The average Bonchev–Trinajstić information content (AvgIpc) is 2.29. The Labute approximate surface area is 99.0 Å². The molecule has 2 nitrogen and oxygen atoms in total. The third-order valence-electron chi connectivity index (χ3n) is 2.86. The van der Waals surface area contributed by atoms with Crippen molar-refractivity contribution in [1.82, 2.24) is 0 Å². The van der Waals surface area contributed by atoms with E-state index in [0.717, 1.165) is 26.2 Å². The van der Waals surface area contributed by atoms with Gasteiger partial charge in [-0.25, -0.2) is 0 Å². The summed E-state index contributed by atoms with van der Waals surface area (Å²) in [6.45, 7) is 11.0. The van der Waals surface area contributed by atoms with Gasteiger partial charge in [0.2, 0.25) is 0 Å². The topological polar surface area (TPSA) is 21.3 Å². The van der Waals surface area contributed by atoms with E-state index in [1.165, 1.54) is 22.4 Å². The van der Waals surface area contributed by atoms with E-state index in [4.69, 9.17) is 4.74 Å². The zero-order valence-corrected chi connectivity index (χ0v) is 10.9. The Balaban J connectivity index is 2.73. The highest BCUT2D eigenvalue weighted by Crippen LogP contribution is 2.24. The molecule has 0 spiro atoms. The second-order valence-electron chi connectivity index (χ2n) is 4.03. The molecule has 0 aliphatic carbocycles. The van der Waals surface area contributed by atoms with Gasteiger partial charge in [0.25, 0.3) is 0 Å². The third-order valence-corrected chi connectivity index (χ3v) is 2.86. The second kappa shape index (κ2) is 6.54. The summed E-state index contributed by atoms with van der Waals surface area (Å²) in [6.07, 6.45) is 1.07. The minimum Gasteiger partial charge on any atom is -0.382 e. The van der Waals surface area contributed by atoms with E-state index in [9.17, 15) is 0 Å². The van der Waals surface area contributed by atoms with Gasteiger partial charge in [0, 0.05) is 18.8 Å². The smallest absolute Gasteiger partial charge is 0.0638 e. The summed E-state index contributed by atoms with van der Waals surface area (Å²) >= 11 is 0. The SMILES string of the molecule is CCOCCNc1c(C)ccc(C)c1CC. The van der Waals surface area contributed by atoms with Gasteiger partial charge >= 0.3 is 0 Å². The summed E-state index contributed by atoms with van der Waals surface area (Å²) in [4.78, 5) is 0. The van der Waals surface area contributed by atoms with E-state index in [2.05, 4.69) is 38.2 Å². The minimum atomic E-state index is 0.771. The van der Waals surface area contributed by atoms with Crippen LogP contribution in [0.5, 0.6) is 0 Å². The van der Waals surface area contributed by atoms with Gasteiger partial charge in [0.15, 0.2) is 0 Å². The molecule has 0 unspecified atom stereocenters. The number of ether oxygens (including phenoxy) is 1. The molecule has 0 aliphatic rings. The monoisotopic (exact) mass is 221 g/mol. The maximum absolute atomic E-state index is 5.34. The van der Waals surface area contributed by atoms with Gasteiger partial charge in [-0.1, -0.05) is 19.1 Å². The van der Waals surface area contributed by atoms with Crippen LogP contribution in [0.2, 0.25) is 0 Å². The maximum Gasteiger partial charge on any atom is 0.0638 e. The highest BCUT2D eigenvalue weighted by atomic mass is 16.5. The Morgan fingerprint density at radius 1 is 1.12 bits per heavy atom. The normalized spacial score (nSPS) is 10.5. The van der Waals surface area contributed by atoms with Gasteiger partial charge in [-0.2, -0.15) is 0 Å². The molecule has 1 aromatic carbocycles. The van der Waals surface area contributed by atoms with Crippen molar-refractivity contribution in [1.29, 1.82) is 0 Å². The van der Waals surface area contributed by atoms with E-state index in [-0.39, 0.29) is 0 Å². The van der Waals surface area contributed by atoms with Gasteiger partial charge in [0.1, 0.15) is 0 Å². The lowest BCUT2D eigenvalue weighted by Crippen LogP contribution is -2.12. The fraction of sp³-hybridized carbons (Fsp3) is 0.571. The van der Waals surface area contributed by atoms with Gasteiger partial charge in [-0.3, -0.25) is 0 Å². The summed E-state index contributed by atoms with van der Waals surface area (Å²) < 4.78 is 5.34. The fourth-order valence-corrected chi connectivity index (χ4v) is 1.96. The van der Waals surface area contributed by atoms with Crippen molar-refractivity contribution >= 4 is 5.69 Å². The molecule has 0 aliphatic heterocycles. The van der Waals surface area contributed by atoms with E-state index in [1.54, 1.807) is 0 Å². The van der Waals surface area contributed by atoms with Crippen LogP contribution in [0.3, 0.4) is 0 Å². The van der Waals surface area contributed by atoms with Crippen LogP contribution in [0.15, 0.2) is 12.1 Å². The first-order chi connectivity index (χ1) is 7.70. The molecular formula is C14H23NO. The van der Waals surface area contributed by atoms with Gasteiger partial charge in [-0.15, -0.1) is 0 Å². The van der Waals surface area contributed by atoms with Gasteiger partial charge in [-0.05, 0) is 43.9 Å². The van der Waals surface area contributed by atoms with Crippen LogP contribution in [0.1, 0.15) is 30.5 Å². The van der Waals surface area contributed by atoms with Crippen LogP contribution in [0, 0.1) is 13.8 Å². The second-order valence-corrected chi connectivity index (χ2v) is 4.03. The lowest BCUT2D eigenvalue weighted by atomic mass is 10.0. The van der Waals surface area contributed by atoms with E-state index in [1.807, 2.05) is 6.92 Å². The van der Waals surface area contributed by atoms with E-state index >= 15 is 0 Å². The Kier molecular flexibility index (Phi) is 5.33. The largest absolute Gasteiger partial charge is 0.382 e. The molecule has 0 amide bonds. The van der Waals surface area contributed by atoms with Crippen molar-refractivity contribution in [3.63, 3.8) is 0 Å². The van der Waals surface area contributed by atoms with Crippen LogP contribution in [-0.2, 0) is 11.2 Å². The predicted molar refractivity (Wildman–Crippen MR) is 70.3 cm³/mol. The number of benzene rings is 1. The predicted octanol–water partition coefficient (Wildman–Crippen LogP) is 3.31.